The molecular formula is C15H16N4OS. The lowest BCUT2D eigenvalue weighted by Crippen LogP contribution is -2.26. The van der Waals surface area contributed by atoms with Gasteiger partial charge in [0.2, 0.25) is 0 Å². The Morgan fingerprint density at radius 2 is 2.19 bits per heavy atom. The highest BCUT2D eigenvalue weighted by Gasteiger charge is 2.12. The van der Waals surface area contributed by atoms with Gasteiger partial charge in [0.25, 0.3) is 5.91 Å². The Hall–Kier alpha value is -2.21. The average molecular weight is 300 g/mol. The van der Waals surface area contributed by atoms with Crippen molar-refractivity contribution in [3.05, 3.63) is 51.6 Å². The lowest BCUT2D eigenvalue weighted by atomic mass is 10.2. The van der Waals surface area contributed by atoms with E-state index >= 15 is 0 Å². The lowest BCUT2D eigenvalue weighted by Gasteiger charge is -2.04. The van der Waals surface area contributed by atoms with E-state index in [0.717, 1.165) is 26.8 Å². The molecule has 21 heavy (non-hydrogen) atoms. The number of thiophene rings is 1. The number of fused-ring (bicyclic) bond motifs is 1. The number of carbonyl (C=O) groups is 1. The maximum Gasteiger partial charge on any atom is 0.252 e. The number of hydrogen-bond acceptors (Lipinski definition) is 4. The molecule has 3 rings (SSSR count). The molecular weight excluding hydrogens is 284 g/mol. The van der Waals surface area contributed by atoms with E-state index in [4.69, 9.17) is 0 Å². The van der Waals surface area contributed by atoms with Crippen molar-refractivity contribution in [1.82, 2.24) is 19.9 Å². The number of amides is 1. The number of aromatic nitrogens is 3. The van der Waals surface area contributed by atoms with Crippen LogP contribution in [0.1, 0.15) is 25.9 Å². The number of aryl methyl sites for hydroxylation is 2. The maximum atomic E-state index is 12.1. The van der Waals surface area contributed by atoms with Crippen LogP contribution in [-0.4, -0.2) is 27.0 Å². The molecule has 0 unspecified atom stereocenters. The highest BCUT2D eigenvalue weighted by Crippen LogP contribution is 2.20. The van der Waals surface area contributed by atoms with Crippen LogP contribution < -0.4 is 5.32 Å². The SMILES string of the molecule is Cc1cc(C(=O)NCCc2nnc3ccccn23)c(C)s1. The van der Waals surface area contributed by atoms with E-state index in [1.54, 1.807) is 11.3 Å². The second-order valence-corrected chi connectivity index (χ2v) is 6.34. The Bertz CT molecular complexity index is 790. The van der Waals surface area contributed by atoms with Gasteiger partial charge in [0.15, 0.2) is 5.65 Å². The number of pyridine rings is 1. The van der Waals surface area contributed by atoms with E-state index in [1.165, 1.54) is 0 Å². The molecule has 0 radical (unpaired) electrons. The molecule has 0 saturated heterocycles. The van der Waals surface area contributed by atoms with E-state index < -0.39 is 0 Å². The second kappa shape index (κ2) is 5.65. The van der Waals surface area contributed by atoms with Crippen LogP contribution in [0.15, 0.2) is 30.5 Å². The van der Waals surface area contributed by atoms with Gasteiger partial charge >= 0.3 is 0 Å². The molecule has 0 aromatic carbocycles. The Kier molecular flexibility index (Phi) is 3.70. The van der Waals surface area contributed by atoms with Crippen LogP contribution >= 0.6 is 11.3 Å². The van der Waals surface area contributed by atoms with E-state index in [0.29, 0.717) is 13.0 Å². The number of nitrogens with one attached hydrogen (secondary N) is 1. The number of hydrogen-bond donors (Lipinski definition) is 1. The normalized spacial score (nSPS) is 11.0. The van der Waals surface area contributed by atoms with E-state index in [1.807, 2.05) is 48.7 Å². The van der Waals surface area contributed by atoms with Crippen molar-refractivity contribution in [2.45, 2.75) is 20.3 Å². The average Bonchev–Trinajstić information content (AvgIpc) is 3.02. The Balaban J connectivity index is 1.64. The van der Waals surface area contributed by atoms with Gasteiger partial charge in [0, 0.05) is 28.9 Å². The monoisotopic (exact) mass is 300 g/mol. The summed E-state index contributed by atoms with van der Waals surface area (Å²) in [6.45, 7) is 4.53. The summed E-state index contributed by atoms with van der Waals surface area (Å²) in [6.07, 6.45) is 2.58. The largest absolute Gasteiger partial charge is 0.352 e. The highest BCUT2D eigenvalue weighted by molar-refractivity contribution is 7.12. The molecule has 0 saturated carbocycles. The second-order valence-electron chi connectivity index (χ2n) is 4.88. The Morgan fingerprint density at radius 3 is 2.95 bits per heavy atom. The molecule has 5 nitrogen and oxygen atoms in total. The molecule has 108 valence electrons. The van der Waals surface area contributed by atoms with Gasteiger partial charge < -0.3 is 5.32 Å². The first kappa shape index (κ1) is 13.8. The van der Waals surface area contributed by atoms with Crippen LogP contribution in [0.4, 0.5) is 0 Å². The van der Waals surface area contributed by atoms with Crippen molar-refractivity contribution >= 4 is 22.9 Å². The molecule has 0 aliphatic heterocycles. The van der Waals surface area contributed by atoms with Crippen molar-refractivity contribution in [1.29, 1.82) is 0 Å². The molecule has 0 spiro atoms. The minimum atomic E-state index is -0.0225. The van der Waals surface area contributed by atoms with Gasteiger partial charge in [-0.25, -0.2) is 0 Å². The molecule has 0 aliphatic carbocycles. The molecule has 1 amide bonds. The van der Waals surface area contributed by atoms with Gasteiger partial charge in [-0.1, -0.05) is 6.07 Å². The van der Waals surface area contributed by atoms with Crippen LogP contribution in [0.3, 0.4) is 0 Å². The van der Waals surface area contributed by atoms with Crippen molar-refractivity contribution in [3.63, 3.8) is 0 Å². The topological polar surface area (TPSA) is 59.3 Å². The van der Waals surface area contributed by atoms with Gasteiger partial charge in [0.1, 0.15) is 5.82 Å². The van der Waals surface area contributed by atoms with Crippen LogP contribution in [0.5, 0.6) is 0 Å². The molecule has 0 aliphatic rings. The lowest BCUT2D eigenvalue weighted by molar-refractivity contribution is 0.0954. The van der Waals surface area contributed by atoms with Crippen molar-refractivity contribution in [2.24, 2.45) is 0 Å². The fraction of sp³-hybridized carbons (Fsp3) is 0.267. The third-order valence-corrected chi connectivity index (χ3v) is 4.27. The minimum Gasteiger partial charge on any atom is -0.352 e. The van der Waals surface area contributed by atoms with Gasteiger partial charge in [-0.05, 0) is 32.0 Å². The third-order valence-electron chi connectivity index (χ3n) is 3.30. The smallest absolute Gasteiger partial charge is 0.252 e. The predicted octanol–water partition coefficient (Wildman–Crippen LogP) is 2.38. The third kappa shape index (κ3) is 2.80. The number of nitrogens with zero attached hydrogens (tertiary/aromatic N) is 3. The van der Waals surface area contributed by atoms with Crippen LogP contribution in [-0.2, 0) is 6.42 Å². The standard InChI is InChI=1S/C15H16N4OS/c1-10-9-12(11(2)21-10)15(20)16-7-6-14-18-17-13-5-3-4-8-19(13)14/h3-5,8-9H,6-7H2,1-2H3,(H,16,20). The summed E-state index contributed by atoms with van der Waals surface area (Å²) in [4.78, 5) is 14.3. The minimum absolute atomic E-state index is 0.0225. The molecule has 3 heterocycles. The Morgan fingerprint density at radius 1 is 1.33 bits per heavy atom. The zero-order valence-electron chi connectivity index (χ0n) is 12.0. The Labute approximate surface area is 126 Å². The summed E-state index contributed by atoms with van der Waals surface area (Å²) in [6, 6.07) is 7.71. The summed E-state index contributed by atoms with van der Waals surface area (Å²) in [5, 5.41) is 11.2. The summed E-state index contributed by atoms with van der Waals surface area (Å²) < 4.78 is 1.94. The van der Waals surface area contributed by atoms with Crippen molar-refractivity contribution in [3.8, 4) is 0 Å². The van der Waals surface area contributed by atoms with Crippen molar-refractivity contribution in [2.75, 3.05) is 6.54 Å². The molecule has 3 aromatic rings. The molecule has 6 heteroatoms. The summed E-state index contributed by atoms with van der Waals surface area (Å²) in [5.41, 5.74) is 1.59. The molecule has 0 fully saturated rings. The van der Waals surface area contributed by atoms with Crippen LogP contribution in [0.2, 0.25) is 0 Å². The quantitative estimate of drug-likeness (QED) is 0.805. The molecule has 0 bridgehead atoms. The van der Waals surface area contributed by atoms with E-state index in [2.05, 4.69) is 15.5 Å². The van der Waals surface area contributed by atoms with Crippen molar-refractivity contribution < 1.29 is 4.79 Å². The molecule has 0 atom stereocenters. The fourth-order valence-electron chi connectivity index (χ4n) is 2.30. The van der Waals surface area contributed by atoms with Crippen LogP contribution in [0, 0.1) is 13.8 Å². The molecule has 3 aromatic heterocycles. The predicted molar refractivity (Wildman–Crippen MR) is 82.8 cm³/mol. The van der Waals surface area contributed by atoms with Gasteiger partial charge in [-0.2, -0.15) is 0 Å². The van der Waals surface area contributed by atoms with Gasteiger partial charge in [-0.3, -0.25) is 9.20 Å². The first-order valence-electron chi connectivity index (χ1n) is 6.79. The van der Waals surface area contributed by atoms with Crippen LogP contribution in [0.25, 0.3) is 5.65 Å². The summed E-state index contributed by atoms with van der Waals surface area (Å²) in [5.74, 6) is 0.829. The van der Waals surface area contributed by atoms with E-state index in [9.17, 15) is 4.79 Å². The fourth-order valence-corrected chi connectivity index (χ4v) is 3.22. The molecule has 1 N–H and O–H groups in total. The summed E-state index contributed by atoms with van der Waals surface area (Å²) >= 11 is 1.64. The van der Waals surface area contributed by atoms with Gasteiger partial charge in [0.05, 0.1) is 5.56 Å². The highest BCUT2D eigenvalue weighted by atomic mass is 32.1. The maximum absolute atomic E-state index is 12.1. The summed E-state index contributed by atoms with van der Waals surface area (Å²) in [7, 11) is 0. The number of carbonyl (C=O) groups excluding carboxylic acids is 1. The van der Waals surface area contributed by atoms with E-state index in [-0.39, 0.29) is 5.91 Å². The van der Waals surface area contributed by atoms with Gasteiger partial charge in [-0.15, -0.1) is 21.5 Å². The zero-order valence-corrected chi connectivity index (χ0v) is 12.8. The zero-order chi connectivity index (χ0) is 14.8. The number of rotatable bonds is 4. The first-order chi connectivity index (χ1) is 10.1. The first-order valence-corrected chi connectivity index (χ1v) is 7.60.